The van der Waals surface area contributed by atoms with Gasteiger partial charge in [0.1, 0.15) is 18.0 Å². The number of carbonyl (C=O) groups is 1. The van der Waals surface area contributed by atoms with Gasteiger partial charge in [0.25, 0.3) is 10.0 Å². The fraction of sp³-hybridized carbons (Fsp3) is 0.321. The first kappa shape index (κ1) is 27.1. The van der Waals surface area contributed by atoms with Crippen LogP contribution in [0, 0.1) is 12.8 Å². The predicted molar refractivity (Wildman–Crippen MR) is 142 cm³/mol. The van der Waals surface area contributed by atoms with E-state index in [0.29, 0.717) is 23.8 Å². The number of rotatable bonds is 11. The van der Waals surface area contributed by atoms with Crippen molar-refractivity contribution in [2.75, 3.05) is 25.1 Å². The maximum Gasteiger partial charge on any atom is 0.264 e. The van der Waals surface area contributed by atoms with Crippen LogP contribution >= 0.6 is 0 Å². The second-order valence-electron chi connectivity index (χ2n) is 9.02. The van der Waals surface area contributed by atoms with Crippen molar-refractivity contribution in [2.45, 2.75) is 38.1 Å². The zero-order valence-electron chi connectivity index (χ0n) is 21.4. The Balaban J connectivity index is 1.95. The molecule has 36 heavy (non-hydrogen) atoms. The number of aryl methyl sites for hydroxylation is 1. The van der Waals surface area contributed by atoms with E-state index in [0.717, 1.165) is 21.2 Å². The Kier molecular flexibility index (Phi) is 8.98. The van der Waals surface area contributed by atoms with Crippen LogP contribution in [0.15, 0.2) is 77.7 Å². The number of nitrogens with one attached hydrogen (secondary N) is 1. The minimum Gasteiger partial charge on any atom is -0.497 e. The van der Waals surface area contributed by atoms with Gasteiger partial charge in [-0.25, -0.2) is 8.42 Å². The first-order valence-electron chi connectivity index (χ1n) is 11.8. The lowest BCUT2D eigenvalue weighted by Crippen LogP contribution is -2.42. The van der Waals surface area contributed by atoms with Crippen LogP contribution in [0.4, 0.5) is 5.69 Å². The molecule has 1 N–H and O–H groups in total. The number of anilines is 1. The molecule has 0 aliphatic rings. The molecule has 0 radical (unpaired) electrons. The lowest BCUT2D eigenvalue weighted by molar-refractivity contribution is -0.120. The highest BCUT2D eigenvalue weighted by Crippen LogP contribution is 2.32. The molecular formula is C28H34N2O5S. The van der Waals surface area contributed by atoms with Gasteiger partial charge in [-0.1, -0.05) is 55.8 Å². The molecule has 0 unspecified atom stereocenters. The Morgan fingerprint density at radius 2 is 1.56 bits per heavy atom. The molecule has 0 fully saturated rings. The molecule has 0 aliphatic heterocycles. The number of nitrogens with zero attached hydrogens (tertiary/aromatic N) is 1. The fourth-order valence-corrected chi connectivity index (χ4v) is 5.36. The Labute approximate surface area is 214 Å². The van der Waals surface area contributed by atoms with Crippen LogP contribution in [-0.4, -0.2) is 35.1 Å². The van der Waals surface area contributed by atoms with Crippen molar-refractivity contribution in [1.29, 1.82) is 0 Å². The van der Waals surface area contributed by atoms with Crippen molar-refractivity contribution >= 4 is 21.6 Å². The quantitative estimate of drug-likeness (QED) is 0.387. The van der Waals surface area contributed by atoms with E-state index in [1.165, 1.54) is 7.11 Å². The molecule has 1 atom stereocenters. The van der Waals surface area contributed by atoms with E-state index in [-0.39, 0.29) is 10.9 Å². The summed E-state index contributed by atoms with van der Waals surface area (Å²) in [5.74, 6) is 0.965. The van der Waals surface area contributed by atoms with E-state index in [4.69, 9.17) is 9.47 Å². The normalized spacial score (nSPS) is 12.2. The Bertz CT molecular complexity index is 1260. The van der Waals surface area contributed by atoms with Crippen molar-refractivity contribution in [1.82, 2.24) is 5.32 Å². The van der Waals surface area contributed by atoms with Crippen molar-refractivity contribution in [3.8, 4) is 11.5 Å². The van der Waals surface area contributed by atoms with Crippen LogP contribution in [-0.2, 0) is 14.8 Å². The van der Waals surface area contributed by atoms with Gasteiger partial charge >= 0.3 is 0 Å². The molecule has 0 heterocycles. The standard InChI is InChI=1S/C28H34N2O5S/c1-20(2)18-25(22-12-14-23(34-4)15-13-22)29-28(31)19-30(26-8-6-7-9-27(26)35-5)36(32,33)24-16-10-21(3)11-17-24/h6-17,20,25H,18-19H2,1-5H3,(H,29,31)/t25-/m0/s1. The number of hydrogen-bond donors (Lipinski definition) is 1. The van der Waals surface area contributed by atoms with Crippen molar-refractivity contribution in [2.24, 2.45) is 5.92 Å². The smallest absolute Gasteiger partial charge is 0.264 e. The van der Waals surface area contributed by atoms with E-state index in [1.54, 1.807) is 55.6 Å². The number of amides is 1. The van der Waals surface area contributed by atoms with E-state index in [2.05, 4.69) is 19.2 Å². The molecule has 1 amide bonds. The maximum absolute atomic E-state index is 13.7. The minimum atomic E-state index is -4.06. The van der Waals surface area contributed by atoms with Crippen molar-refractivity contribution < 1.29 is 22.7 Å². The summed E-state index contributed by atoms with van der Waals surface area (Å²) in [6.07, 6.45) is 0.692. The molecular weight excluding hydrogens is 476 g/mol. The van der Waals surface area contributed by atoms with E-state index < -0.39 is 22.5 Å². The highest BCUT2D eigenvalue weighted by atomic mass is 32.2. The summed E-state index contributed by atoms with van der Waals surface area (Å²) < 4.78 is 39.2. The number of methoxy groups -OCH3 is 2. The van der Waals surface area contributed by atoms with E-state index >= 15 is 0 Å². The van der Waals surface area contributed by atoms with Crippen LogP contribution in [0.25, 0.3) is 0 Å². The number of benzene rings is 3. The SMILES string of the molecule is COc1ccc([C@H](CC(C)C)NC(=O)CN(c2ccccc2OC)S(=O)(=O)c2ccc(C)cc2)cc1. The summed E-state index contributed by atoms with van der Waals surface area (Å²) in [7, 11) is -0.984. The molecule has 0 bridgehead atoms. The number of hydrogen-bond acceptors (Lipinski definition) is 5. The van der Waals surface area contributed by atoms with Crippen molar-refractivity contribution in [3.05, 3.63) is 83.9 Å². The van der Waals surface area contributed by atoms with E-state index in [9.17, 15) is 13.2 Å². The van der Waals surface area contributed by atoms with Gasteiger partial charge in [0.15, 0.2) is 0 Å². The molecule has 0 saturated carbocycles. The number of ether oxygens (including phenoxy) is 2. The summed E-state index contributed by atoms with van der Waals surface area (Å²) in [6.45, 7) is 5.63. The first-order valence-corrected chi connectivity index (χ1v) is 13.3. The van der Waals surface area contributed by atoms with Gasteiger partial charge in [0.2, 0.25) is 5.91 Å². The number of para-hydroxylation sites is 2. The van der Waals surface area contributed by atoms with Gasteiger partial charge in [-0.2, -0.15) is 0 Å². The number of sulfonamides is 1. The van der Waals surface area contributed by atoms with Gasteiger partial charge in [0.05, 0.1) is 30.8 Å². The highest BCUT2D eigenvalue weighted by molar-refractivity contribution is 7.92. The van der Waals surface area contributed by atoms with Crippen molar-refractivity contribution in [3.63, 3.8) is 0 Å². The minimum absolute atomic E-state index is 0.0979. The average Bonchev–Trinajstić information content (AvgIpc) is 2.87. The molecule has 0 aliphatic carbocycles. The highest BCUT2D eigenvalue weighted by Gasteiger charge is 2.30. The zero-order valence-corrected chi connectivity index (χ0v) is 22.2. The molecule has 3 aromatic carbocycles. The molecule has 0 aromatic heterocycles. The zero-order chi connectivity index (χ0) is 26.3. The predicted octanol–water partition coefficient (Wildman–Crippen LogP) is 5.11. The summed E-state index contributed by atoms with van der Waals surface area (Å²) in [6, 6.07) is 20.5. The van der Waals surface area contributed by atoms with Gasteiger partial charge < -0.3 is 14.8 Å². The molecule has 192 valence electrons. The first-order chi connectivity index (χ1) is 17.1. The summed E-state index contributed by atoms with van der Waals surface area (Å²) >= 11 is 0. The second kappa shape index (κ2) is 11.9. The van der Waals surface area contributed by atoms with E-state index in [1.807, 2.05) is 31.2 Å². The van der Waals surface area contributed by atoms with Gasteiger partial charge in [-0.05, 0) is 61.2 Å². The largest absolute Gasteiger partial charge is 0.497 e. The van der Waals surface area contributed by atoms with Crippen LogP contribution < -0.4 is 19.1 Å². The second-order valence-corrected chi connectivity index (χ2v) is 10.9. The average molecular weight is 511 g/mol. The molecule has 0 saturated heterocycles. The third kappa shape index (κ3) is 6.57. The lowest BCUT2D eigenvalue weighted by Gasteiger charge is -2.27. The Morgan fingerprint density at radius 3 is 2.14 bits per heavy atom. The third-order valence-corrected chi connectivity index (χ3v) is 7.58. The fourth-order valence-electron chi connectivity index (χ4n) is 3.93. The summed E-state index contributed by atoms with van der Waals surface area (Å²) in [4.78, 5) is 13.5. The summed E-state index contributed by atoms with van der Waals surface area (Å²) in [5, 5.41) is 3.05. The number of carbonyl (C=O) groups excluding carboxylic acids is 1. The molecule has 7 nitrogen and oxygen atoms in total. The van der Waals surface area contributed by atoms with Gasteiger partial charge in [-0.15, -0.1) is 0 Å². The Hall–Kier alpha value is -3.52. The lowest BCUT2D eigenvalue weighted by atomic mass is 9.97. The molecule has 0 spiro atoms. The monoisotopic (exact) mass is 510 g/mol. The van der Waals surface area contributed by atoms with Gasteiger partial charge in [0, 0.05) is 0 Å². The summed E-state index contributed by atoms with van der Waals surface area (Å²) in [5.41, 5.74) is 2.15. The molecule has 8 heteroatoms. The third-order valence-electron chi connectivity index (χ3n) is 5.81. The Morgan fingerprint density at radius 1 is 0.917 bits per heavy atom. The topological polar surface area (TPSA) is 84.9 Å². The molecule has 3 aromatic rings. The molecule has 3 rings (SSSR count). The van der Waals surface area contributed by atoms with Crippen LogP contribution in [0.3, 0.4) is 0 Å². The van der Waals surface area contributed by atoms with Crippen LogP contribution in [0.1, 0.15) is 37.4 Å². The maximum atomic E-state index is 13.7. The van der Waals surface area contributed by atoms with Crippen LogP contribution in [0.5, 0.6) is 11.5 Å². The van der Waals surface area contributed by atoms with Crippen LogP contribution in [0.2, 0.25) is 0 Å². The van der Waals surface area contributed by atoms with Gasteiger partial charge in [-0.3, -0.25) is 9.10 Å².